The van der Waals surface area contributed by atoms with Gasteiger partial charge in [-0.2, -0.15) is 0 Å². The minimum absolute atomic E-state index is 0.209. The summed E-state index contributed by atoms with van der Waals surface area (Å²) in [7, 11) is 0. The van der Waals surface area contributed by atoms with Crippen molar-refractivity contribution in [1.29, 1.82) is 0 Å². The van der Waals surface area contributed by atoms with E-state index in [1.807, 2.05) is 50.2 Å². The van der Waals surface area contributed by atoms with Gasteiger partial charge >= 0.3 is 5.97 Å². The predicted octanol–water partition coefficient (Wildman–Crippen LogP) is 6.19. The minimum Gasteiger partial charge on any atom is -0.477 e. The van der Waals surface area contributed by atoms with Gasteiger partial charge in [0.05, 0.1) is 33.6 Å². The molecule has 0 saturated carbocycles. The van der Waals surface area contributed by atoms with E-state index in [0.29, 0.717) is 44.6 Å². The number of fused-ring (bicyclic) bond motifs is 1. The first-order valence-corrected chi connectivity index (χ1v) is 16.1. The van der Waals surface area contributed by atoms with Crippen LogP contribution in [0.1, 0.15) is 60.7 Å². The van der Waals surface area contributed by atoms with Crippen molar-refractivity contribution < 1.29 is 24.2 Å². The number of aromatic carboxylic acids is 1. The van der Waals surface area contributed by atoms with E-state index >= 15 is 0 Å². The Kier molecular flexibility index (Phi) is 7.66. The van der Waals surface area contributed by atoms with E-state index in [1.54, 1.807) is 41.3 Å². The Morgan fingerprint density at radius 2 is 1.72 bits per heavy atom. The van der Waals surface area contributed by atoms with Gasteiger partial charge in [-0.1, -0.05) is 12.1 Å². The van der Waals surface area contributed by atoms with Crippen LogP contribution in [-0.4, -0.2) is 65.9 Å². The lowest BCUT2D eigenvalue weighted by Gasteiger charge is -2.53. The molecule has 2 fully saturated rings. The molecule has 2 aromatic carbocycles. The highest BCUT2D eigenvalue weighted by Gasteiger charge is 2.45. The molecule has 0 bridgehead atoms. The number of nitrogens with one attached hydrogen (secondary N) is 1. The lowest BCUT2D eigenvalue weighted by atomic mass is 9.73. The number of aromatic nitrogens is 1. The molecule has 2 N–H and O–H groups in total. The highest BCUT2D eigenvalue weighted by molar-refractivity contribution is 7.16. The highest BCUT2D eigenvalue weighted by Crippen LogP contribution is 2.43. The Labute approximate surface area is 270 Å². The molecule has 4 aromatic rings. The van der Waals surface area contributed by atoms with Crippen LogP contribution < -0.4 is 15.1 Å². The van der Waals surface area contributed by atoms with Crippen molar-refractivity contribution in [1.82, 2.24) is 4.98 Å². The molecule has 2 amide bonds. The molecule has 0 aliphatic carbocycles. The van der Waals surface area contributed by atoms with Gasteiger partial charge in [-0.15, -0.1) is 11.3 Å². The first-order chi connectivity index (χ1) is 22.2. The van der Waals surface area contributed by atoms with Gasteiger partial charge in [-0.3, -0.25) is 14.5 Å². The largest absolute Gasteiger partial charge is 0.477 e. The number of thiophene rings is 1. The summed E-state index contributed by atoms with van der Waals surface area (Å²) in [5.74, 6) is -0.798. The van der Waals surface area contributed by atoms with Crippen LogP contribution in [0.25, 0.3) is 0 Å². The number of hydrogen-bond donors (Lipinski definition) is 2. The molecular formula is C35H33N5O5S. The Bertz CT molecular complexity index is 1870. The topological polar surface area (TPSA) is 124 Å². The number of aryl methyl sites for hydroxylation is 1. The van der Waals surface area contributed by atoms with Crippen LogP contribution >= 0.6 is 11.3 Å². The van der Waals surface area contributed by atoms with Crippen LogP contribution in [0.4, 0.5) is 22.9 Å². The summed E-state index contributed by atoms with van der Waals surface area (Å²) >= 11 is 1.13. The first kappa shape index (κ1) is 29.8. The molecule has 2 aromatic heterocycles. The number of anilines is 3. The van der Waals surface area contributed by atoms with Crippen molar-refractivity contribution in [2.75, 3.05) is 41.4 Å². The van der Waals surface area contributed by atoms with Crippen LogP contribution in [0.2, 0.25) is 0 Å². The summed E-state index contributed by atoms with van der Waals surface area (Å²) in [6, 6.07) is 20.8. The third kappa shape index (κ3) is 5.45. The van der Waals surface area contributed by atoms with Crippen molar-refractivity contribution in [3.63, 3.8) is 0 Å². The van der Waals surface area contributed by atoms with Crippen LogP contribution in [0.5, 0.6) is 0 Å². The maximum Gasteiger partial charge on any atom is 0.345 e. The van der Waals surface area contributed by atoms with Crippen LogP contribution in [0.3, 0.4) is 0 Å². The zero-order valence-corrected chi connectivity index (χ0v) is 26.3. The second-order valence-corrected chi connectivity index (χ2v) is 13.2. The molecular weight excluding hydrogens is 602 g/mol. The van der Waals surface area contributed by atoms with E-state index in [1.165, 1.54) is 0 Å². The van der Waals surface area contributed by atoms with Gasteiger partial charge < -0.3 is 20.1 Å². The standard InChI is InChI=1S/C35H33N5O5S/c1-21-7-12-25(31(36-21)39-19-35(20-39)15-17-45-18-16-35)32(41)37-24-10-8-23(9-11-24)33(42)40-22(2)30(28-13-14-29(46-28)34(43)44)38-26-5-3-4-6-27(26)40/h3-14,22H,15-20H2,1-2H3,(H,37,41)(H,43,44)/t22-/m1/s1. The monoisotopic (exact) mass is 635 g/mol. The second kappa shape index (κ2) is 11.8. The third-order valence-corrected chi connectivity index (χ3v) is 10.1. The molecule has 0 radical (unpaired) electrons. The van der Waals surface area contributed by atoms with E-state index in [-0.39, 0.29) is 22.1 Å². The van der Waals surface area contributed by atoms with Gasteiger partial charge in [0, 0.05) is 48.7 Å². The number of carbonyl (C=O) groups excluding carboxylic acids is 2. The van der Waals surface area contributed by atoms with Crippen molar-refractivity contribution in [3.8, 4) is 0 Å². The quantitative estimate of drug-likeness (QED) is 0.259. The smallest absolute Gasteiger partial charge is 0.345 e. The molecule has 234 valence electrons. The average Bonchev–Trinajstić information content (AvgIpc) is 3.54. The molecule has 0 unspecified atom stereocenters. The predicted molar refractivity (Wildman–Crippen MR) is 178 cm³/mol. The molecule has 1 spiro atoms. The summed E-state index contributed by atoms with van der Waals surface area (Å²) < 4.78 is 5.55. The fourth-order valence-electron chi connectivity index (χ4n) is 6.48. The van der Waals surface area contributed by atoms with Crippen molar-refractivity contribution >= 4 is 57.7 Å². The zero-order valence-electron chi connectivity index (χ0n) is 25.5. The van der Waals surface area contributed by atoms with E-state index in [9.17, 15) is 19.5 Å². The van der Waals surface area contributed by atoms with Gasteiger partial charge in [-0.05, 0) is 87.4 Å². The average molecular weight is 636 g/mol. The van der Waals surface area contributed by atoms with Crippen LogP contribution in [0.15, 0.2) is 77.8 Å². The number of ether oxygens (including phenoxy) is 1. The second-order valence-electron chi connectivity index (χ2n) is 12.1. The number of aliphatic imine (C=N–C) groups is 1. The Hall–Kier alpha value is -4.87. The molecule has 11 heteroatoms. The zero-order chi connectivity index (χ0) is 32.0. The number of nitrogens with zero attached hydrogens (tertiary/aromatic N) is 4. The van der Waals surface area contributed by atoms with E-state index < -0.39 is 12.0 Å². The lowest BCUT2D eigenvalue weighted by molar-refractivity contribution is -0.000520. The fourth-order valence-corrected chi connectivity index (χ4v) is 7.40. The number of para-hydroxylation sites is 2. The first-order valence-electron chi connectivity index (χ1n) is 15.3. The van der Waals surface area contributed by atoms with Gasteiger partial charge in [0.2, 0.25) is 0 Å². The van der Waals surface area contributed by atoms with Crippen LogP contribution in [0, 0.1) is 12.3 Å². The Morgan fingerprint density at radius 3 is 2.43 bits per heavy atom. The highest BCUT2D eigenvalue weighted by atomic mass is 32.1. The Morgan fingerprint density at radius 1 is 0.978 bits per heavy atom. The van der Waals surface area contributed by atoms with Crippen LogP contribution in [-0.2, 0) is 4.74 Å². The minimum atomic E-state index is -1.00. The van der Waals surface area contributed by atoms with Gasteiger partial charge in [0.25, 0.3) is 11.8 Å². The molecule has 10 nitrogen and oxygen atoms in total. The summed E-state index contributed by atoms with van der Waals surface area (Å²) in [5, 5.41) is 12.4. The number of benzene rings is 2. The number of amides is 2. The SMILES string of the molecule is Cc1ccc(C(=O)Nc2ccc(C(=O)N3c4ccccc4N=C(c4ccc(C(=O)O)s4)[C@H]3C)cc2)c(N2CC3(CCOCC3)C2)n1. The van der Waals surface area contributed by atoms with Gasteiger partial charge in [0.15, 0.2) is 0 Å². The number of hydrogen-bond acceptors (Lipinski definition) is 8. The molecule has 3 aliphatic heterocycles. The third-order valence-electron chi connectivity index (χ3n) is 9.01. The van der Waals surface area contributed by atoms with Gasteiger partial charge in [-0.25, -0.2) is 14.8 Å². The number of carboxylic acid groups (broad SMARTS) is 1. The number of carbonyl (C=O) groups is 3. The maximum absolute atomic E-state index is 14.0. The van der Waals surface area contributed by atoms with Crippen molar-refractivity contribution in [2.45, 2.75) is 32.7 Å². The van der Waals surface area contributed by atoms with E-state index in [0.717, 1.165) is 56.2 Å². The van der Waals surface area contributed by atoms with Crippen molar-refractivity contribution in [3.05, 3.63) is 99.4 Å². The lowest BCUT2D eigenvalue weighted by Crippen LogP contribution is -2.59. The molecule has 1 atom stereocenters. The summed E-state index contributed by atoms with van der Waals surface area (Å²) in [6.45, 7) is 7.09. The number of rotatable bonds is 6. The number of carboxylic acids is 1. The normalized spacial score (nSPS) is 18.4. The maximum atomic E-state index is 14.0. The fraction of sp³-hybridized carbons (Fsp3) is 0.286. The molecule has 2 saturated heterocycles. The number of pyridine rings is 1. The summed E-state index contributed by atoms with van der Waals surface area (Å²) in [6.07, 6.45) is 2.05. The van der Waals surface area contributed by atoms with E-state index in [2.05, 4.69) is 10.2 Å². The molecule has 7 rings (SSSR count). The van der Waals surface area contributed by atoms with Gasteiger partial charge in [0.1, 0.15) is 10.7 Å². The molecule has 46 heavy (non-hydrogen) atoms. The summed E-state index contributed by atoms with van der Waals surface area (Å²) in [5.41, 5.74) is 4.54. The van der Waals surface area contributed by atoms with Crippen molar-refractivity contribution in [2.24, 2.45) is 10.4 Å². The van der Waals surface area contributed by atoms with E-state index in [4.69, 9.17) is 14.7 Å². The molecule has 3 aliphatic rings. The summed E-state index contributed by atoms with van der Waals surface area (Å²) in [4.78, 5) is 53.3. The Balaban J connectivity index is 1.09. The molecule has 5 heterocycles.